The molecule has 5 rings (SSSR count). The number of hydrogen-bond donors (Lipinski definition) is 1. The van der Waals surface area contributed by atoms with Crippen molar-refractivity contribution in [1.29, 1.82) is 0 Å². The molecule has 0 unspecified atom stereocenters. The number of nitrogens with one attached hydrogen (secondary N) is 1. The highest BCUT2D eigenvalue weighted by Gasteiger charge is 2.14. The molecule has 0 radical (unpaired) electrons. The molecule has 2 aromatic heterocycles. The van der Waals surface area contributed by atoms with E-state index < -0.39 is 0 Å². The molecule has 1 amide bonds. The second kappa shape index (κ2) is 8.20. The van der Waals surface area contributed by atoms with Gasteiger partial charge in [0.1, 0.15) is 0 Å². The maximum absolute atomic E-state index is 12.9. The molecule has 31 heavy (non-hydrogen) atoms. The molecule has 0 fully saturated rings. The molecule has 0 aliphatic rings. The fourth-order valence-electron chi connectivity index (χ4n) is 3.43. The first-order valence-corrected chi connectivity index (χ1v) is 9.87. The van der Waals surface area contributed by atoms with Crippen LogP contribution < -0.4 is 5.32 Å². The summed E-state index contributed by atoms with van der Waals surface area (Å²) < 4.78 is 5.42. The van der Waals surface area contributed by atoms with Crippen molar-refractivity contribution in [2.24, 2.45) is 0 Å². The van der Waals surface area contributed by atoms with E-state index >= 15 is 0 Å². The summed E-state index contributed by atoms with van der Waals surface area (Å²) in [6.07, 6.45) is 3.78. The molecule has 1 N–H and O–H groups in total. The van der Waals surface area contributed by atoms with Crippen LogP contribution in [-0.4, -0.2) is 21.0 Å². The molecule has 5 aromatic rings. The summed E-state index contributed by atoms with van der Waals surface area (Å²) in [7, 11) is 0. The highest BCUT2D eigenvalue weighted by atomic mass is 16.5. The Morgan fingerprint density at radius 1 is 0.871 bits per heavy atom. The molecule has 6 heteroatoms. The first kappa shape index (κ1) is 18.7. The Morgan fingerprint density at radius 2 is 1.65 bits per heavy atom. The minimum absolute atomic E-state index is 0.166. The first-order chi connectivity index (χ1) is 15.3. The number of rotatable bonds is 5. The van der Waals surface area contributed by atoms with E-state index in [9.17, 15) is 4.79 Å². The fraction of sp³-hybridized carbons (Fsp3) is 0.0400. The normalized spacial score (nSPS) is 10.8. The predicted octanol–water partition coefficient (Wildman–Crippen LogP) is 5.13. The minimum atomic E-state index is -0.166. The molecule has 0 atom stereocenters. The van der Waals surface area contributed by atoms with E-state index in [4.69, 9.17) is 4.52 Å². The zero-order valence-corrected chi connectivity index (χ0v) is 16.5. The van der Waals surface area contributed by atoms with Crippen molar-refractivity contribution in [3.05, 3.63) is 108 Å². The standard InChI is InChI=1S/C25H18N4O2/c30-25(21-10-9-17-5-1-2-6-19(17)15-21)27-22-8-4-3-7-20(22)16-23-28-24(29-31-23)18-11-13-26-14-12-18/h1-15H,16H2,(H,27,30). The number of hydrogen-bond acceptors (Lipinski definition) is 5. The van der Waals surface area contributed by atoms with Gasteiger partial charge in [-0.25, -0.2) is 0 Å². The zero-order chi connectivity index (χ0) is 21.0. The van der Waals surface area contributed by atoms with Crippen LogP contribution in [0.25, 0.3) is 22.2 Å². The third-order valence-electron chi connectivity index (χ3n) is 5.03. The van der Waals surface area contributed by atoms with Gasteiger partial charge >= 0.3 is 0 Å². The minimum Gasteiger partial charge on any atom is -0.339 e. The average Bonchev–Trinajstić information content (AvgIpc) is 3.29. The molecular weight excluding hydrogens is 388 g/mol. The number of pyridine rings is 1. The number of aromatic nitrogens is 3. The van der Waals surface area contributed by atoms with E-state index in [2.05, 4.69) is 20.4 Å². The Bertz CT molecular complexity index is 1360. The third kappa shape index (κ3) is 4.04. The Kier molecular flexibility index (Phi) is 4.94. The molecule has 2 heterocycles. The molecule has 150 valence electrons. The molecule has 6 nitrogen and oxygen atoms in total. The molecular formula is C25H18N4O2. The van der Waals surface area contributed by atoms with Crippen molar-refractivity contribution in [2.75, 3.05) is 5.32 Å². The summed E-state index contributed by atoms with van der Waals surface area (Å²) in [6, 6.07) is 24.9. The molecule has 0 aliphatic carbocycles. The quantitative estimate of drug-likeness (QED) is 0.438. The topological polar surface area (TPSA) is 80.9 Å². The van der Waals surface area contributed by atoms with Crippen molar-refractivity contribution in [1.82, 2.24) is 15.1 Å². The summed E-state index contributed by atoms with van der Waals surface area (Å²) in [5.41, 5.74) is 3.04. The van der Waals surface area contributed by atoms with E-state index in [1.807, 2.05) is 78.9 Å². The fourth-order valence-corrected chi connectivity index (χ4v) is 3.43. The van der Waals surface area contributed by atoms with Crippen LogP contribution in [-0.2, 0) is 6.42 Å². The lowest BCUT2D eigenvalue weighted by Gasteiger charge is -2.10. The van der Waals surface area contributed by atoms with Crippen molar-refractivity contribution in [3.8, 4) is 11.4 Å². The maximum atomic E-state index is 12.9. The Morgan fingerprint density at radius 3 is 2.52 bits per heavy atom. The van der Waals surface area contributed by atoms with E-state index in [-0.39, 0.29) is 5.91 Å². The van der Waals surface area contributed by atoms with E-state index in [1.165, 1.54) is 0 Å². The van der Waals surface area contributed by atoms with Gasteiger partial charge in [0.15, 0.2) is 0 Å². The highest BCUT2D eigenvalue weighted by molar-refractivity contribution is 6.06. The number of fused-ring (bicyclic) bond motifs is 1. The third-order valence-corrected chi connectivity index (χ3v) is 5.03. The molecule has 0 bridgehead atoms. The SMILES string of the molecule is O=C(Nc1ccccc1Cc1nc(-c2ccncc2)no1)c1ccc2ccccc2c1. The zero-order valence-electron chi connectivity index (χ0n) is 16.5. The van der Waals surface area contributed by atoms with Crippen LogP contribution in [0.15, 0.2) is 95.8 Å². The molecule has 0 aliphatic heterocycles. The number of para-hydroxylation sites is 1. The van der Waals surface area contributed by atoms with E-state index in [0.29, 0.717) is 29.4 Å². The Labute approximate surface area is 178 Å². The number of carbonyl (C=O) groups is 1. The maximum Gasteiger partial charge on any atom is 0.255 e. The predicted molar refractivity (Wildman–Crippen MR) is 119 cm³/mol. The van der Waals surface area contributed by atoms with Crippen LogP contribution >= 0.6 is 0 Å². The van der Waals surface area contributed by atoms with Crippen LogP contribution in [0.4, 0.5) is 5.69 Å². The van der Waals surface area contributed by atoms with E-state index in [0.717, 1.165) is 21.9 Å². The van der Waals surface area contributed by atoms with Gasteiger partial charge in [-0.3, -0.25) is 9.78 Å². The molecule has 0 spiro atoms. The smallest absolute Gasteiger partial charge is 0.255 e. The number of anilines is 1. The lowest BCUT2D eigenvalue weighted by Crippen LogP contribution is -2.13. The number of nitrogens with zero attached hydrogens (tertiary/aromatic N) is 3. The second-order valence-electron chi connectivity index (χ2n) is 7.10. The molecule has 0 saturated carbocycles. The monoisotopic (exact) mass is 406 g/mol. The van der Waals surface area contributed by atoms with Gasteiger partial charge in [-0.05, 0) is 46.7 Å². The van der Waals surface area contributed by atoms with Gasteiger partial charge in [0.25, 0.3) is 5.91 Å². The van der Waals surface area contributed by atoms with Gasteiger partial charge in [0, 0.05) is 29.2 Å². The van der Waals surface area contributed by atoms with Gasteiger partial charge in [-0.15, -0.1) is 0 Å². The Hall–Kier alpha value is -4.32. The van der Waals surface area contributed by atoms with Crippen molar-refractivity contribution in [2.45, 2.75) is 6.42 Å². The largest absolute Gasteiger partial charge is 0.339 e. The lowest BCUT2D eigenvalue weighted by atomic mass is 10.1. The summed E-state index contributed by atoms with van der Waals surface area (Å²) >= 11 is 0. The number of benzene rings is 3. The van der Waals surface area contributed by atoms with Gasteiger partial charge in [0.2, 0.25) is 11.7 Å². The number of amides is 1. The van der Waals surface area contributed by atoms with Gasteiger partial charge in [0.05, 0.1) is 6.42 Å². The molecule has 3 aromatic carbocycles. The summed E-state index contributed by atoms with van der Waals surface area (Å²) in [4.78, 5) is 21.4. The number of carbonyl (C=O) groups excluding carboxylic acids is 1. The van der Waals surface area contributed by atoms with Gasteiger partial charge in [-0.1, -0.05) is 53.7 Å². The van der Waals surface area contributed by atoms with Crippen LogP contribution in [0.5, 0.6) is 0 Å². The summed E-state index contributed by atoms with van der Waals surface area (Å²) in [5, 5.41) is 9.19. The summed E-state index contributed by atoms with van der Waals surface area (Å²) in [5.74, 6) is 0.815. The Balaban J connectivity index is 1.37. The lowest BCUT2D eigenvalue weighted by molar-refractivity contribution is 0.102. The van der Waals surface area contributed by atoms with Crippen molar-refractivity contribution >= 4 is 22.4 Å². The average molecular weight is 406 g/mol. The van der Waals surface area contributed by atoms with Gasteiger partial charge in [-0.2, -0.15) is 4.98 Å². The second-order valence-corrected chi connectivity index (χ2v) is 7.10. The van der Waals surface area contributed by atoms with Crippen LogP contribution in [0, 0.1) is 0 Å². The van der Waals surface area contributed by atoms with Gasteiger partial charge < -0.3 is 9.84 Å². The first-order valence-electron chi connectivity index (χ1n) is 9.87. The van der Waals surface area contributed by atoms with Crippen LogP contribution in [0.2, 0.25) is 0 Å². The van der Waals surface area contributed by atoms with Crippen LogP contribution in [0.1, 0.15) is 21.8 Å². The highest BCUT2D eigenvalue weighted by Crippen LogP contribution is 2.22. The molecule has 0 saturated heterocycles. The van der Waals surface area contributed by atoms with Crippen LogP contribution in [0.3, 0.4) is 0 Å². The summed E-state index contributed by atoms with van der Waals surface area (Å²) in [6.45, 7) is 0. The van der Waals surface area contributed by atoms with Crippen molar-refractivity contribution in [3.63, 3.8) is 0 Å². The van der Waals surface area contributed by atoms with E-state index in [1.54, 1.807) is 12.4 Å². The van der Waals surface area contributed by atoms with Crippen molar-refractivity contribution < 1.29 is 9.32 Å².